The van der Waals surface area contributed by atoms with Crippen molar-refractivity contribution >= 4 is 17.7 Å². The zero-order valence-corrected chi connectivity index (χ0v) is 18.3. The van der Waals surface area contributed by atoms with Crippen LogP contribution in [0.15, 0.2) is 66.2 Å². The molecule has 0 bridgehead atoms. The monoisotopic (exact) mass is 410 g/mol. The van der Waals surface area contributed by atoms with Crippen molar-refractivity contribution in [1.29, 1.82) is 5.26 Å². The number of hydrogen-bond donors (Lipinski definition) is 1. The van der Waals surface area contributed by atoms with Crippen LogP contribution in [-0.2, 0) is 11.2 Å². The molecule has 0 unspecified atom stereocenters. The van der Waals surface area contributed by atoms with E-state index >= 15 is 0 Å². The summed E-state index contributed by atoms with van der Waals surface area (Å²) < 4.78 is 5.59. The van der Waals surface area contributed by atoms with Gasteiger partial charge in [0, 0.05) is 12.1 Å². The molecular weight excluding hydrogens is 384 g/mol. The fraction of sp³-hybridized carbons (Fsp3) is 0.185. The number of carbonyl (C=O) groups is 1. The van der Waals surface area contributed by atoms with Gasteiger partial charge in [0.1, 0.15) is 17.4 Å². The lowest BCUT2D eigenvalue weighted by atomic mass is 9.98. The first-order valence-corrected chi connectivity index (χ1v) is 10.1. The fourth-order valence-electron chi connectivity index (χ4n) is 3.61. The van der Waals surface area contributed by atoms with Gasteiger partial charge in [-0.05, 0) is 61.2 Å². The third-order valence-electron chi connectivity index (χ3n) is 5.06. The van der Waals surface area contributed by atoms with E-state index in [1.165, 1.54) is 16.7 Å². The number of nitriles is 1. The van der Waals surface area contributed by atoms with Crippen LogP contribution < -0.4 is 10.1 Å². The van der Waals surface area contributed by atoms with E-state index in [-0.39, 0.29) is 5.57 Å². The number of ether oxygens (including phenoxy) is 1. The summed E-state index contributed by atoms with van der Waals surface area (Å²) in [6, 6.07) is 21.7. The van der Waals surface area contributed by atoms with Gasteiger partial charge in [-0.15, -0.1) is 0 Å². The summed E-state index contributed by atoms with van der Waals surface area (Å²) in [4.78, 5) is 12.6. The van der Waals surface area contributed by atoms with E-state index in [1.807, 2.05) is 55.5 Å². The molecule has 0 fully saturated rings. The van der Waals surface area contributed by atoms with E-state index in [1.54, 1.807) is 13.2 Å². The normalized spacial score (nSPS) is 11.0. The quantitative estimate of drug-likeness (QED) is 0.415. The molecule has 0 aromatic heterocycles. The van der Waals surface area contributed by atoms with Crippen LogP contribution in [0.1, 0.15) is 33.4 Å². The van der Waals surface area contributed by atoms with E-state index in [4.69, 9.17) is 4.74 Å². The third kappa shape index (κ3) is 5.61. The number of carbonyl (C=O) groups excluding carboxylic acids is 1. The lowest BCUT2D eigenvalue weighted by Crippen LogP contribution is -2.14. The van der Waals surface area contributed by atoms with Crippen LogP contribution in [0.25, 0.3) is 6.08 Å². The number of hydrogen-bond acceptors (Lipinski definition) is 3. The number of nitrogens with zero attached hydrogens (tertiary/aromatic N) is 1. The minimum Gasteiger partial charge on any atom is -0.496 e. The summed E-state index contributed by atoms with van der Waals surface area (Å²) in [5, 5.41) is 12.3. The number of anilines is 1. The molecule has 1 amide bonds. The maximum Gasteiger partial charge on any atom is 0.266 e. The van der Waals surface area contributed by atoms with Crippen molar-refractivity contribution in [3.8, 4) is 11.8 Å². The Labute approximate surface area is 183 Å². The molecular formula is C27H26N2O2. The third-order valence-corrected chi connectivity index (χ3v) is 5.06. The van der Waals surface area contributed by atoms with Gasteiger partial charge >= 0.3 is 0 Å². The Hall–Kier alpha value is -3.84. The highest BCUT2D eigenvalue weighted by molar-refractivity contribution is 6.10. The Morgan fingerprint density at radius 2 is 1.74 bits per heavy atom. The van der Waals surface area contributed by atoms with Gasteiger partial charge in [-0.1, -0.05) is 59.7 Å². The summed E-state index contributed by atoms with van der Waals surface area (Å²) in [7, 11) is 1.63. The second-order valence-corrected chi connectivity index (χ2v) is 7.68. The fourth-order valence-corrected chi connectivity index (χ4v) is 3.61. The highest BCUT2D eigenvalue weighted by Gasteiger charge is 2.12. The molecule has 4 nitrogen and oxygen atoms in total. The molecule has 0 aliphatic carbocycles. The molecule has 0 saturated carbocycles. The molecule has 0 aliphatic heterocycles. The maximum absolute atomic E-state index is 12.6. The average Bonchev–Trinajstić information content (AvgIpc) is 2.73. The van der Waals surface area contributed by atoms with Crippen molar-refractivity contribution in [2.45, 2.75) is 27.2 Å². The van der Waals surface area contributed by atoms with Gasteiger partial charge in [0.2, 0.25) is 0 Å². The zero-order valence-electron chi connectivity index (χ0n) is 18.3. The smallest absolute Gasteiger partial charge is 0.266 e. The summed E-state index contributed by atoms with van der Waals surface area (Å²) >= 11 is 0. The Bertz CT molecular complexity index is 1170. The van der Waals surface area contributed by atoms with Crippen molar-refractivity contribution in [2.75, 3.05) is 12.4 Å². The van der Waals surface area contributed by atoms with Gasteiger partial charge in [0.15, 0.2) is 0 Å². The largest absolute Gasteiger partial charge is 0.496 e. The molecule has 3 rings (SSSR count). The molecule has 0 saturated heterocycles. The van der Waals surface area contributed by atoms with E-state index < -0.39 is 5.91 Å². The molecule has 3 aromatic carbocycles. The first-order valence-electron chi connectivity index (χ1n) is 10.1. The second-order valence-electron chi connectivity index (χ2n) is 7.68. The SMILES string of the molecule is COc1cc(/C=C(\C#N)C(=O)Nc2ccccc2C)ccc1Cc1cc(C)cc(C)c1. The minimum atomic E-state index is -0.435. The second kappa shape index (κ2) is 9.77. The first-order chi connectivity index (χ1) is 14.9. The number of para-hydroxylation sites is 1. The van der Waals surface area contributed by atoms with Gasteiger partial charge < -0.3 is 10.1 Å². The minimum absolute atomic E-state index is 0.0346. The molecule has 0 radical (unpaired) electrons. The number of aryl methyl sites for hydroxylation is 3. The van der Waals surface area contributed by atoms with Gasteiger partial charge in [-0.2, -0.15) is 5.26 Å². The van der Waals surface area contributed by atoms with Gasteiger partial charge in [-0.25, -0.2) is 0 Å². The summed E-state index contributed by atoms with van der Waals surface area (Å²) in [5.74, 6) is 0.291. The van der Waals surface area contributed by atoms with Crippen LogP contribution in [-0.4, -0.2) is 13.0 Å². The number of amides is 1. The molecule has 0 atom stereocenters. The number of methoxy groups -OCH3 is 1. The van der Waals surface area contributed by atoms with Crippen LogP contribution in [0.2, 0.25) is 0 Å². The summed E-state index contributed by atoms with van der Waals surface area (Å²) in [5.41, 5.74) is 7.12. The summed E-state index contributed by atoms with van der Waals surface area (Å²) in [6.45, 7) is 6.09. The van der Waals surface area contributed by atoms with E-state index in [0.29, 0.717) is 5.69 Å². The zero-order chi connectivity index (χ0) is 22.4. The van der Waals surface area contributed by atoms with Crippen LogP contribution in [0.5, 0.6) is 5.75 Å². The van der Waals surface area contributed by atoms with Crippen LogP contribution in [0, 0.1) is 32.1 Å². The standard InChI is InChI=1S/C27H26N2O2/c1-18-11-19(2)13-22(12-18)15-23-10-9-21(16-26(23)31-4)14-24(17-28)27(30)29-25-8-6-5-7-20(25)3/h5-14,16H,15H2,1-4H3,(H,29,30)/b24-14+. The Morgan fingerprint density at radius 1 is 1.03 bits per heavy atom. The van der Waals surface area contributed by atoms with Crippen molar-refractivity contribution < 1.29 is 9.53 Å². The lowest BCUT2D eigenvalue weighted by Gasteiger charge is -2.11. The lowest BCUT2D eigenvalue weighted by molar-refractivity contribution is -0.112. The van der Waals surface area contributed by atoms with Crippen molar-refractivity contribution in [3.05, 3.63) is 99.6 Å². The topological polar surface area (TPSA) is 62.1 Å². The first kappa shape index (κ1) is 21.9. The van der Waals surface area contributed by atoms with Crippen molar-refractivity contribution in [1.82, 2.24) is 0 Å². The van der Waals surface area contributed by atoms with Crippen LogP contribution >= 0.6 is 0 Å². The molecule has 0 heterocycles. The highest BCUT2D eigenvalue weighted by Crippen LogP contribution is 2.25. The molecule has 156 valence electrons. The van der Waals surface area contributed by atoms with E-state index in [2.05, 4.69) is 37.4 Å². The van der Waals surface area contributed by atoms with Gasteiger partial charge in [0.25, 0.3) is 5.91 Å². The molecule has 0 aliphatic rings. The predicted octanol–water partition coefficient (Wildman–Crippen LogP) is 5.76. The molecule has 0 spiro atoms. The number of benzene rings is 3. The average molecular weight is 411 g/mol. The number of nitrogens with one attached hydrogen (secondary N) is 1. The van der Waals surface area contributed by atoms with Crippen molar-refractivity contribution in [2.24, 2.45) is 0 Å². The highest BCUT2D eigenvalue weighted by atomic mass is 16.5. The molecule has 3 aromatic rings. The number of rotatable bonds is 6. The Kier molecular flexibility index (Phi) is 6.89. The predicted molar refractivity (Wildman–Crippen MR) is 125 cm³/mol. The van der Waals surface area contributed by atoms with Crippen LogP contribution in [0.4, 0.5) is 5.69 Å². The Morgan fingerprint density at radius 3 is 2.39 bits per heavy atom. The van der Waals surface area contributed by atoms with Crippen molar-refractivity contribution in [3.63, 3.8) is 0 Å². The molecule has 4 heteroatoms. The van der Waals surface area contributed by atoms with E-state index in [0.717, 1.165) is 28.9 Å². The van der Waals surface area contributed by atoms with Gasteiger partial charge in [-0.3, -0.25) is 4.79 Å². The molecule has 1 N–H and O–H groups in total. The summed E-state index contributed by atoms with van der Waals surface area (Å²) in [6.07, 6.45) is 2.32. The molecule has 31 heavy (non-hydrogen) atoms. The van der Waals surface area contributed by atoms with Gasteiger partial charge in [0.05, 0.1) is 7.11 Å². The van der Waals surface area contributed by atoms with E-state index in [9.17, 15) is 10.1 Å². The Balaban J connectivity index is 1.84. The maximum atomic E-state index is 12.6. The van der Waals surface area contributed by atoms with Crippen LogP contribution in [0.3, 0.4) is 0 Å².